The van der Waals surface area contributed by atoms with Crippen molar-refractivity contribution in [1.82, 2.24) is 14.9 Å². The molecule has 3 aromatic rings. The van der Waals surface area contributed by atoms with Crippen molar-refractivity contribution < 1.29 is 9.53 Å². The number of rotatable bonds is 5. The number of methoxy groups -OCH3 is 1. The fourth-order valence-electron chi connectivity index (χ4n) is 3.43. The Morgan fingerprint density at radius 2 is 2.03 bits per heavy atom. The molecule has 0 saturated carbocycles. The van der Waals surface area contributed by atoms with E-state index in [2.05, 4.69) is 10.3 Å². The average Bonchev–Trinajstić information content (AvgIpc) is 2.98. The molecule has 1 aromatic carbocycles. The number of amides is 1. The topological polar surface area (TPSA) is 67.3 Å². The minimum Gasteiger partial charge on any atom is -0.493 e. The standard InChI is InChI=1S/C22H21ClN4O2/c1-13-7-8-14(24-11-13)9-15-10-18(20-19(25-15)12-27(2)22(20)28)26-17-6-4-5-16(23)21(17)29-3/h4-8,10-11H,9,12H2,1-3H3,(H,25,26). The van der Waals surface area contributed by atoms with Crippen LogP contribution in [0.1, 0.15) is 33.0 Å². The lowest BCUT2D eigenvalue weighted by Crippen LogP contribution is -2.18. The molecule has 3 heterocycles. The van der Waals surface area contributed by atoms with E-state index in [1.807, 2.05) is 43.5 Å². The largest absolute Gasteiger partial charge is 0.493 e. The van der Waals surface area contributed by atoms with Gasteiger partial charge in [-0.05, 0) is 36.8 Å². The number of carbonyl (C=O) groups is 1. The van der Waals surface area contributed by atoms with Crippen LogP contribution in [0.5, 0.6) is 5.75 Å². The van der Waals surface area contributed by atoms with Crippen molar-refractivity contribution in [1.29, 1.82) is 0 Å². The fourth-order valence-corrected chi connectivity index (χ4v) is 3.69. The Morgan fingerprint density at radius 3 is 2.76 bits per heavy atom. The van der Waals surface area contributed by atoms with Gasteiger partial charge in [-0.25, -0.2) is 0 Å². The second-order valence-electron chi connectivity index (χ2n) is 7.09. The summed E-state index contributed by atoms with van der Waals surface area (Å²) in [7, 11) is 3.34. The van der Waals surface area contributed by atoms with Gasteiger partial charge in [-0.3, -0.25) is 14.8 Å². The van der Waals surface area contributed by atoms with Crippen LogP contribution in [0.25, 0.3) is 0 Å². The van der Waals surface area contributed by atoms with Gasteiger partial charge in [0.25, 0.3) is 5.91 Å². The van der Waals surface area contributed by atoms with E-state index < -0.39 is 0 Å². The van der Waals surface area contributed by atoms with Crippen molar-refractivity contribution in [2.45, 2.75) is 19.9 Å². The lowest BCUT2D eigenvalue weighted by molar-refractivity contribution is 0.0817. The zero-order valence-corrected chi connectivity index (χ0v) is 17.2. The van der Waals surface area contributed by atoms with Crippen LogP contribution in [-0.4, -0.2) is 34.9 Å². The summed E-state index contributed by atoms with van der Waals surface area (Å²) < 4.78 is 5.44. The summed E-state index contributed by atoms with van der Waals surface area (Å²) in [6.45, 7) is 2.48. The van der Waals surface area contributed by atoms with Gasteiger partial charge in [-0.15, -0.1) is 0 Å². The number of benzene rings is 1. The number of pyridine rings is 2. The molecule has 0 unspecified atom stereocenters. The number of hydrogen-bond donors (Lipinski definition) is 1. The zero-order valence-electron chi connectivity index (χ0n) is 16.5. The Balaban J connectivity index is 1.76. The van der Waals surface area contributed by atoms with Gasteiger partial charge in [0.05, 0.1) is 41.3 Å². The average molecular weight is 409 g/mol. The molecule has 7 heteroatoms. The van der Waals surface area contributed by atoms with Crippen LogP contribution >= 0.6 is 11.6 Å². The van der Waals surface area contributed by atoms with Crippen LogP contribution in [0, 0.1) is 6.92 Å². The van der Waals surface area contributed by atoms with Gasteiger partial charge < -0.3 is 15.0 Å². The number of fused-ring (bicyclic) bond motifs is 1. The molecule has 1 aliphatic rings. The van der Waals surface area contributed by atoms with Crippen LogP contribution in [0.2, 0.25) is 5.02 Å². The van der Waals surface area contributed by atoms with E-state index in [0.29, 0.717) is 40.7 Å². The molecular formula is C22H21ClN4O2. The Bertz CT molecular complexity index is 1080. The van der Waals surface area contributed by atoms with E-state index in [1.54, 1.807) is 25.1 Å². The highest BCUT2D eigenvalue weighted by molar-refractivity contribution is 6.32. The Labute approximate surface area is 174 Å². The van der Waals surface area contributed by atoms with Crippen LogP contribution in [-0.2, 0) is 13.0 Å². The van der Waals surface area contributed by atoms with E-state index in [1.165, 1.54) is 0 Å². The first kappa shape index (κ1) is 19.2. The molecule has 0 fully saturated rings. The number of anilines is 2. The molecule has 1 N–H and O–H groups in total. The molecule has 0 aliphatic carbocycles. The van der Waals surface area contributed by atoms with Gasteiger partial charge in [-0.2, -0.15) is 0 Å². The first-order valence-electron chi connectivity index (χ1n) is 9.25. The predicted molar refractivity (Wildman–Crippen MR) is 113 cm³/mol. The zero-order chi connectivity index (χ0) is 20.5. The number of nitrogens with one attached hydrogen (secondary N) is 1. The fraction of sp³-hybridized carbons (Fsp3) is 0.227. The van der Waals surface area contributed by atoms with Gasteiger partial charge in [0.2, 0.25) is 0 Å². The van der Waals surface area contributed by atoms with Gasteiger partial charge in [0.15, 0.2) is 5.75 Å². The molecule has 0 bridgehead atoms. The van der Waals surface area contributed by atoms with E-state index >= 15 is 0 Å². The third kappa shape index (κ3) is 3.76. The van der Waals surface area contributed by atoms with Crippen molar-refractivity contribution in [3.63, 3.8) is 0 Å². The van der Waals surface area contributed by atoms with E-state index in [0.717, 1.165) is 22.6 Å². The van der Waals surface area contributed by atoms with Gasteiger partial charge >= 0.3 is 0 Å². The molecule has 2 aromatic heterocycles. The molecule has 0 saturated heterocycles. The van der Waals surface area contributed by atoms with Gasteiger partial charge in [-0.1, -0.05) is 23.7 Å². The molecule has 148 valence electrons. The highest BCUT2D eigenvalue weighted by Crippen LogP contribution is 2.37. The normalized spacial score (nSPS) is 12.8. The van der Waals surface area contributed by atoms with Crippen LogP contribution in [0.4, 0.5) is 11.4 Å². The first-order chi connectivity index (χ1) is 14.0. The van der Waals surface area contributed by atoms with Crippen molar-refractivity contribution in [2.75, 3.05) is 19.5 Å². The number of para-hydroxylation sites is 1. The quantitative estimate of drug-likeness (QED) is 0.679. The number of nitrogens with zero attached hydrogens (tertiary/aromatic N) is 3. The van der Waals surface area contributed by atoms with Crippen molar-refractivity contribution in [3.05, 3.63) is 75.8 Å². The monoisotopic (exact) mass is 408 g/mol. The summed E-state index contributed by atoms with van der Waals surface area (Å²) in [5.74, 6) is 0.469. The lowest BCUT2D eigenvalue weighted by Gasteiger charge is -2.15. The SMILES string of the molecule is COc1c(Cl)cccc1Nc1cc(Cc2ccc(C)cn2)nc2c1C(=O)N(C)C2. The molecule has 6 nitrogen and oxygen atoms in total. The summed E-state index contributed by atoms with van der Waals surface area (Å²) in [4.78, 5) is 23.6. The third-order valence-electron chi connectivity index (χ3n) is 4.87. The number of carbonyl (C=O) groups excluding carboxylic acids is 1. The number of aryl methyl sites for hydroxylation is 1. The molecule has 1 amide bonds. The van der Waals surface area contributed by atoms with E-state index in [9.17, 15) is 4.79 Å². The molecule has 4 rings (SSSR count). The van der Waals surface area contributed by atoms with E-state index in [-0.39, 0.29) is 5.91 Å². The minimum absolute atomic E-state index is 0.0593. The highest BCUT2D eigenvalue weighted by atomic mass is 35.5. The Hall–Kier alpha value is -3.12. The smallest absolute Gasteiger partial charge is 0.257 e. The van der Waals surface area contributed by atoms with Crippen LogP contribution in [0.15, 0.2) is 42.6 Å². The van der Waals surface area contributed by atoms with Crippen LogP contribution < -0.4 is 10.1 Å². The molecule has 0 atom stereocenters. The second kappa shape index (κ2) is 7.72. The minimum atomic E-state index is -0.0593. The second-order valence-corrected chi connectivity index (χ2v) is 7.50. The highest BCUT2D eigenvalue weighted by Gasteiger charge is 2.30. The Kier molecular flexibility index (Phi) is 5.11. The maximum absolute atomic E-state index is 12.7. The molecule has 29 heavy (non-hydrogen) atoms. The summed E-state index contributed by atoms with van der Waals surface area (Å²) in [5, 5.41) is 3.83. The van der Waals surface area contributed by atoms with E-state index in [4.69, 9.17) is 21.3 Å². The summed E-state index contributed by atoms with van der Waals surface area (Å²) in [6.07, 6.45) is 2.42. The predicted octanol–water partition coefficient (Wildman–Crippen LogP) is 4.37. The first-order valence-corrected chi connectivity index (χ1v) is 9.63. The van der Waals surface area contributed by atoms with Crippen molar-refractivity contribution in [3.8, 4) is 5.75 Å². The van der Waals surface area contributed by atoms with Crippen molar-refractivity contribution >= 4 is 28.9 Å². The lowest BCUT2D eigenvalue weighted by atomic mass is 10.1. The molecule has 1 aliphatic heterocycles. The molecular weight excluding hydrogens is 388 g/mol. The maximum Gasteiger partial charge on any atom is 0.257 e. The summed E-state index contributed by atoms with van der Waals surface area (Å²) >= 11 is 6.26. The summed E-state index contributed by atoms with van der Waals surface area (Å²) in [5.41, 5.74) is 5.58. The maximum atomic E-state index is 12.7. The third-order valence-corrected chi connectivity index (χ3v) is 5.17. The molecule has 0 radical (unpaired) electrons. The number of hydrogen-bond acceptors (Lipinski definition) is 5. The summed E-state index contributed by atoms with van der Waals surface area (Å²) in [6, 6.07) is 11.4. The molecule has 0 spiro atoms. The number of halogens is 1. The Morgan fingerprint density at radius 1 is 1.21 bits per heavy atom. The van der Waals surface area contributed by atoms with Gasteiger partial charge in [0.1, 0.15) is 0 Å². The number of ether oxygens (including phenoxy) is 1. The van der Waals surface area contributed by atoms with Crippen LogP contribution in [0.3, 0.4) is 0 Å². The number of aromatic nitrogens is 2. The van der Waals surface area contributed by atoms with Crippen molar-refractivity contribution in [2.24, 2.45) is 0 Å². The van der Waals surface area contributed by atoms with Gasteiger partial charge in [0, 0.05) is 31.1 Å².